The standard InChI is InChI=1S/C30H28ClN3/c1-2-17-32-22-30(14-15-30)16-19-34-18-13-25-20-23(4-12-29(25)34)3-10-28-11-7-26(21-33-28)24-5-8-27(31)9-6-24/h2,4-9,11-13,18,20-21,32H,1,14-17,19,22H2. The number of benzene rings is 2. The summed E-state index contributed by atoms with van der Waals surface area (Å²) in [6, 6.07) is 20.4. The molecule has 170 valence electrons. The summed E-state index contributed by atoms with van der Waals surface area (Å²) in [5, 5.41) is 5.46. The van der Waals surface area contributed by atoms with Crippen molar-refractivity contribution in [1.82, 2.24) is 14.9 Å². The Morgan fingerprint density at radius 2 is 1.85 bits per heavy atom. The smallest absolute Gasteiger partial charge is 0.113 e. The van der Waals surface area contributed by atoms with Crippen LogP contribution in [0.3, 0.4) is 0 Å². The molecule has 0 saturated heterocycles. The third-order valence-electron chi connectivity index (χ3n) is 6.68. The van der Waals surface area contributed by atoms with E-state index in [-0.39, 0.29) is 0 Å². The van der Waals surface area contributed by atoms with Gasteiger partial charge < -0.3 is 9.88 Å². The van der Waals surface area contributed by atoms with Crippen molar-refractivity contribution in [2.75, 3.05) is 13.1 Å². The van der Waals surface area contributed by atoms with Gasteiger partial charge in [-0.2, -0.15) is 0 Å². The molecule has 34 heavy (non-hydrogen) atoms. The van der Waals surface area contributed by atoms with Gasteiger partial charge in [0.1, 0.15) is 5.69 Å². The van der Waals surface area contributed by atoms with Crippen molar-refractivity contribution >= 4 is 22.5 Å². The van der Waals surface area contributed by atoms with Crippen LogP contribution in [0.5, 0.6) is 0 Å². The first-order valence-corrected chi connectivity index (χ1v) is 12.2. The fourth-order valence-corrected chi connectivity index (χ4v) is 4.50. The first kappa shape index (κ1) is 22.5. The highest BCUT2D eigenvalue weighted by Gasteiger charge is 2.41. The highest BCUT2D eigenvalue weighted by atomic mass is 35.5. The molecule has 4 aromatic rings. The van der Waals surface area contributed by atoms with Gasteiger partial charge in [0, 0.05) is 59.1 Å². The lowest BCUT2D eigenvalue weighted by Crippen LogP contribution is -2.25. The summed E-state index contributed by atoms with van der Waals surface area (Å²) in [4.78, 5) is 4.52. The second-order valence-corrected chi connectivity index (χ2v) is 9.58. The molecule has 0 spiro atoms. The average molecular weight is 466 g/mol. The number of rotatable bonds is 8. The average Bonchev–Trinajstić information content (AvgIpc) is 3.52. The number of nitrogens with zero attached hydrogens (tertiary/aromatic N) is 2. The van der Waals surface area contributed by atoms with Crippen LogP contribution in [0, 0.1) is 17.3 Å². The molecule has 2 aromatic heterocycles. The van der Waals surface area contributed by atoms with Gasteiger partial charge in [-0.15, -0.1) is 6.58 Å². The number of pyridine rings is 1. The highest BCUT2D eigenvalue weighted by Crippen LogP contribution is 2.48. The van der Waals surface area contributed by atoms with E-state index in [4.69, 9.17) is 11.6 Å². The van der Waals surface area contributed by atoms with Gasteiger partial charge in [-0.1, -0.05) is 41.8 Å². The summed E-state index contributed by atoms with van der Waals surface area (Å²) < 4.78 is 2.37. The maximum Gasteiger partial charge on any atom is 0.113 e. The number of hydrogen-bond acceptors (Lipinski definition) is 2. The normalized spacial score (nSPS) is 13.9. The predicted molar refractivity (Wildman–Crippen MR) is 142 cm³/mol. The fraction of sp³-hybridized carbons (Fsp3) is 0.233. The summed E-state index contributed by atoms with van der Waals surface area (Å²) in [6.07, 6.45) is 9.85. The van der Waals surface area contributed by atoms with Crippen molar-refractivity contribution in [1.29, 1.82) is 0 Å². The zero-order valence-electron chi connectivity index (χ0n) is 19.2. The Morgan fingerprint density at radius 1 is 1.03 bits per heavy atom. The van der Waals surface area contributed by atoms with E-state index < -0.39 is 0 Å². The van der Waals surface area contributed by atoms with Gasteiger partial charge in [0.15, 0.2) is 0 Å². The molecule has 0 bridgehead atoms. The van der Waals surface area contributed by atoms with Crippen LogP contribution in [0.4, 0.5) is 0 Å². The second kappa shape index (κ2) is 9.89. The molecule has 1 aliphatic carbocycles. The molecule has 2 aromatic carbocycles. The SMILES string of the molecule is C=CCNCC1(CCn2ccc3cc(C#Cc4ccc(-c5ccc(Cl)cc5)cn4)ccc32)CC1. The molecule has 1 N–H and O–H groups in total. The van der Waals surface area contributed by atoms with Gasteiger partial charge in [-0.05, 0) is 78.6 Å². The molecule has 0 amide bonds. The second-order valence-electron chi connectivity index (χ2n) is 9.14. The Balaban J connectivity index is 1.24. The van der Waals surface area contributed by atoms with Gasteiger partial charge in [-0.3, -0.25) is 0 Å². The highest BCUT2D eigenvalue weighted by molar-refractivity contribution is 6.30. The number of fused-ring (bicyclic) bond motifs is 1. The maximum absolute atomic E-state index is 5.98. The van der Waals surface area contributed by atoms with Crippen molar-refractivity contribution in [2.24, 2.45) is 5.41 Å². The minimum atomic E-state index is 0.473. The van der Waals surface area contributed by atoms with E-state index in [0.717, 1.165) is 47.0 Å². The Hall–Kier alpha value is -3.32. The first-order valence-electron chi connectivity index (χ1n) is 11.8. The topological polar surface area (TPSA) is 29.9 Å². The van der Waals surface area contributed by atoms with Crippen LogP contribution in [0.25, 0.3) is 22.0 Å². The third kappa shape index (κ3) is 5.25. The molecule has 3 nitrogen and oxygen atoms in total. The zero-order chi connectivity index (χ0) is 23.4. The third-order valence-corrected chi connectivity index (χ3v) is 6.93. The first-order chi connectivity index (χ1) is 16.6. The molecular formula is C30H28ClN3. The largest absolute Gasteiger partial charge is 0.347 e. The molecule has 1 aliphatic rings. The van der Waals surface area contributed by atoms with Crippen LogP contribution in [0.1, 0.15) is 30.5 Å². The molecule has 0 radical (unpaired) electrons. The number of nitrogens with one attached hydrogen (secondary N) is 1. The molecule has 0 aliphatic heterocycles. The Kier molecular flexibility index (Phi) is 6.54. The quantitative estimate of drug-likeness (QED) is 0.178. The Labute approximate surface area is 206 Å². The molecule has 1 fully saturated rings. The van der Waals surface area contributed by atoms with Crippen molar-refractivity contribution in [3.05, 3.63) is 102 Å². The van der Waals surface area contributed by atoms with E-state index in [2.05, 4.69) is 63.7 Å². The van der Waals surface area contributed by atoms with Crippen LogP contribution < -0.4 is 5.32 Å². The predicted octanol–water partition coefficient (Wildman–Crippen LogP) is 6.70. The molecule has 4 heteroatoms. The van der Waals surface area contributed by atoms with Crippen molar-refractivity contribution < 1.29 is 0 Å². The molecule has 1 saturated carbocycles. The maximum atomic E-state index is 5.98. The number of halogens is 1. The van der Waals surface area contributed by atoms with Crippen molar-refractivity contribution in [3.8, 4) is 23.0 Å². The Morgan fingerprint density at radius 3 is 2.59 bits per heavy atom. The number of aryl methyl sites for hydroxylation is 1. The monoisotopic (exact) mass is 465 g/mol. The van der Waals surface area contributed by atoms with Crippen LogP contribution in [0.15, 0.2) is 85.7 Å². The van der Waals surface area contributed by atoms with Crippen LogP contribution in [-0.2, 0) is 6.54 Å². The Bertz CT molecular complexity index is 1350. The lowest BCUT2D eigenvalue weighted by atomic mass is 10.0. The van der Waals surface area contributed by atoms with Crippen molar-refractivity contribution in [2.45, 2.75) is 25.8 Å². The molecule has 5 rings (SSSR count). The molecule has 0 atom stereocenters. The summed E-state index contributed by atoms with van der Waals surface area (Å²) in [5.74, 6) is 6.46. The van der Waals surface area contributed by atoms with Crippen LogP contribution in [-0.4, -0.2) is 22.6 Å². The lowest BCUT2D eigenvalue weighted by molar-refractivity contribution is 0.408. The van der Waals surface area contributed by atoms with Crippen LogP contribution in [0.2, 0.25) is 5.02 Å². The number of hydrogen-bond donors (Lipinski definition) is 1. The van der Waals surface area contributed by atoms with E-state index in [0.29, 0.717) is 5.41 Å². The molecule has 2 heterocycles. The lowest BCUT2D eigenvalue weighted by Gasteiger charge is -2.16. The summed E-state index contributed by atoms with van der Waals surface area (Å²) in [5.41, 5.74) is 5.64. The van der Waals surface area contributed by atoms with Gasteiger partial charge in [0.2, 0.25) is 0 Å². The fourth-order valence-electron chi connectivity index (χ4n) is 4.38. The number of aromatic nitrogens is 2. The minimum Gasteiger partial charge on any atom is -0.347 e. The summed E-state index contributed by atoms with van der Waals surface area (Å²) >= 11 is 5.98. The van der Waals surface area contributed by atoms with E-state index in [9.17, 15) is 0 Å². The summed E-state index contributed by atoms with van der Waals surface area (Å²) in [6.45, 7) is 6.82. The van der Waals surface area contributed by atoms with E-state index in [1.54, 1.807) is 0 Å². The van der Waals surface area contributed by atoms with Gasteiger partial charge >= 0.3 is 0 Å². The molecule has 0 unspecified atom stereocenters. The zero-order valence-corrected chi connectivity index (χ0v) is 20.0. The van der Waals surface area contributed by atoms with Crippen LogP contribution >= 0.6 is 11.6 Å². The minimum absolute atomic E-state index is 0.473. The van der Waals surface area contributed by atoms with Crippen molar-refractivity contribution in [3.63, 3.8) is 0 Å². The summed E-state index contributed by atoms with van der Waals surface area (Å²) in [7, 11) is 0. The van der Waals surface area contributed by atoms with Gasteiger partial charge in [-0.25, -0.2) is 4.98 Å². The molecular weight excluding hydrogens is 438 g/mol. The van der Waals surface area contributed by atoms with Gasteiger partial charge in [0.25, 0.3) is 0 Å². The van der Waals surface area contributed by atoms with E-state index >= 15 is 0 Å². The van der Waals surface area contributed by atoms with E-state index in [1.165, 1.54) is 30.2 Å². The van der Waals surface area contributed by atoms with E-state index in [1.807, 2.05) is 48.7 Å². The van der Waals surface area contributed by atoms with Gasteiger partial charge in [0.05, 0.1) is 0 Å².